The van der Waals surface area contributed by atoms with E-state index in [1.165, 1.54) is 12.1 Å². The van der Waals surface area contributed by atoms with Gasteiger partial charge in [0.25, 0.3) is 0 Å². The molecular weight excluding hydrogens is 371 g/mol. The van der Waals surface area contributed by atoms with Crippen LogP contribution < -0.4 is 4.74 Å². The van der Waals surface area contributed by atoms with E-state index < -0.39 is 6.36 Å². The third-order valence-corrected chi connectivity index (χ3v) is 4.17. The summed E-state index contributed by atoms with van der Waals surface area (Å²) in [6.07, 6.45) is -0.101. The van der Waals surface area contributed by atoms with Gasteiger partial charge in [0.05, 0.1) is 5.69 Å². The van der Waals surface area contributed by atoms with Crippen LogP contribution >= 0.6 is 0 Å². The molecule has 0 spiro atoms. The molecule has 2 aromatic carbocycles. The van der Waals surface area contributed by atoms with Crippen molar-refractivity contribution in [2.45, 2.75) is 19.2 Å². The van der Waals surface area contributed by atoms with Gasteiger partial charge >= 0.3 is 6.36 Å². The fraction of sp³-hybridized carbons (Fsp3) is 0.150. The van der Waals surface area contributed by atoms with Gasteiger partial charge in [0.2, 0.25) is 0 Å². The number of fused-ring (bicyclic) bond motifs is 1. The van der Waals surface area contributed by atoms with Crippen LogP contribution in [0.5, 0.6) is 5.75 Å². The third-order valence-electron chi connectivity index (χ3n) is 4.17. The van der Waals surface area contributed by atoms with E-state index in [1.807, 2.05) is 12.1 Å². The number of rotatable bonds is 5. The van der Waals surface area contributed by atoms with Crippen LogP contribution in [0, 0.1) is 0 Å². The minimum Gasteiger partial charge on any atom is -0.406 e. The lowest BCUT2D eigenvalue weighted by Crippen LogP contribution is -2.16. The predicted molar refractivity (Wildman–Crippen MR) is 95.6 cm³/mol. The molecule has 5 nitrogen and oxygen atoms in total. The maximum Gasteiger partial charge on any atom is 0.573 e. The van der Waals surface area contributed by atoms with Crippen molar-refractivity contribution in [1.29, 1.82) is 0 Å². The molecule has 0 aliphatic rings. The highest BCUT2D eigenvalue weighted by Gasteiger charge is 2.30. The molecule has 2 heterocycles. The van der Waals surface area contributed by atoms with Crippen molar-refractivity contribution in [1.82, 2.24) is 15.1 Å². The Morgan fingerprint density at radius 2 is 1.61 bits per heavy atom. The molecule has 0 saturated heterocycles. The molecule has 0 aliphatic carbocycles. The van der Waals surface area contributed by atoms with Crippen molar-refractivity contribution in [2.24, 2.45) is 0 Å². The van der Waals surface area contributed by atoms with E-state index in [0.29, 0.717) is 18.4 Å². The van der Waals surface area contributed by atoms with E-state index in [9.17, 15) is 13.2 Å². The first-order valence-electron chi connectivity index (χ1n) is 8.48. The molecule has 0 fully saturated rings. The number of hydrogen-bond acceptors (Lipinski definition) is 5. The number of aromatic nitrogens is 3. The van der Waals surface area contributed by atoms with Crippen molar-refractivity contribution in [3.8, 4) is 16.9 Å². The Morgan fingerprint density at radius 1 is 0.893 bits per heavy atom. The molecule has 0 amide bonds. The maximum absolute atomic E-state index is 12.3. The lowest BCUT2D eigenvalue weighted by molar-refractivity contribution is -0.274. The number of aryl methyl sites for hydroxylation is 2. The fourth-order valence-corrected chi connectivity index (χ4v) is 2.89. The van der Waals surface area contributed by atoms with Crippen molar-refractivity contribution in [3.05, 3.63) is 72.4 Å². The van der Waals surface area contributed by atoms with Gasteiger partial charge in [-0.3, -0.25) is 0 Å². The van der Waals surface area contributed by atoms with Gasteiger partial charge in [0.15, 0.2) is 5.58 Å². The summed E-state index contributed by atoms with van der Waals surface area (Å²) < 4.78 is 46.2. The molecule has 142 valence electrons. The number of ether oxygens (including phenoxy) is 1. The maximum atomic E-state index is 12.3. The smallest absolute Gasteiger partial charge is 0.406 e. The molecule has 4 aromatic rings. The normalized spacial score (nSPS) is 11.7. The third kappa shape index (κ3) is 4.11. The summed E-state index contributed by atoms with van der Waals surface area (Å²) in [5.41, 5.74) is 3.02. The van der Waals surface area contributed by atoms with Gasteiger partial charge in [-0.2, -0.15) is 0 Å². The number of benzene rings is 2. The summed E-state index contributed by atoms with van der Waals surface area (Å²) in [5, 5.41) is 4.97. The van der Waals surface area contributed by atoms with Crippen LogP contribution in [0.4, 0.5) is 13.2 Å². The monoisotopic (exact) mass is 385 g/mol. The average Bonchev–Trinajstić information content (AvgIpc) is 3.09. The SMILES string of the molecule is FC(F)(F)Oc1ccc(-c2ccc3onc(CCc4ncccn4)c3c2)cc1. The zero-order valence-electron chi connectivity index (χ0n) is 14.5. The Labute approximate surface area is 157 Å². The van der Waals surface area contributed by atoms with Crippen molar-refractivity contribution in [2.75, 3.05) is 0 Å². The van der Waals surface area contributed by atoms with E-state index in [2.05, 4.69) is 19.9 Å². The highest BCUT2D eigenvalue weighted by atomic mass is 19.4. The highest BCUT2D eigenvalue weighted by Crippen LogP contribution is 2.29. The van der Waals surface area contributed by atoms with Crippen LogP contribution in [0.3, 0.4) is 0 Å². The molecule has 0 N–H and O–H groups in total. The summed E-state index contributed by atoms with van der Waals surface area (Å²) in [5.74, 6) is 0.459. The van der Waals surface area contributed by atoms with Gasteiger partial charge in [0, 0.05) is 30.6 Å². The van der Waals surface area contributed by atoms with E-state index in [1.54, 1.807) is 36.7 Å². The number of alkyl halides is 3. The summed E-state index contributed by atoms with van der Waals surface area (Å²) in [4.78, 5) is 8.39. The number of halogens is 3. The van der Waals surface area contributed by atoms with Gasteiger partial charge in [0.1, 0.15) is 11.6 Å². The van der Waals surface area contributed by atoms with E-state index in [0.717, 1.165) is 28.0 Å². The Hall–Kier alpha value is -3.42. The second-order valence-electron chi connectivity index (χ2n) is 6.08. The molecule has 0 aliphatic heterocycles. The average molecular weight is 385 g/mol. The molecule has 0 saturated carbocycles. The van der Waals surface area contributed by atoms with Crippen LogP contribution in [-0.2, 0) is 12.8 Å². The van der Waals surface area contributed by atoms with Crippen LogP contribution in [0.2, 0.25) is 0 Å². The molecule has 0 unspecified atom stereocenters. The molecule has 0 atom stereocenters. The zero-order valence-corrected chi connectivity index (χ0v) is 14.5. The Morgan fingerprint density at radius 3 is 2.32 bits per heavy atom. The van der Waals surface area contributed by atoms with E-state index in [-0.39, 0.29) is 5.75 Å². The minimum absolute atomic E-state index is 0.258. The lowest BCUT2D eigenvalue weighted by Gasteiger charge is -2.09. The van der Waals surface area contributed by atoms with Crippen molar-refractivity contribution < 1.29 is 22.4 Å². The highest BCUT2D eigenvalue weighted by molar-refractivity contribution is 5.85. The molecule has 0 radical (unpaired) electrons. The zero-order chi connectivity index (χ0) is 19.6. The molecular formula is C20H14F3N3O2. The first-order valence-corrected chi connectivity index (χ1v) is 8.48. The van der Waals surface area contributed by atoms with Crippen LogP contribution in [0.25, 0.3) is 22.1 Å². The van der Waals surface area contributed by atoms with Crippen molar-refractivity contribution >= 4 is 11.0 Å². The van der Waals surface area contributed by atoms with Gasteiger partial charge in [-0.05, 0) is 41.5 Å². The standard InChI is InChI=1S/C20H14F3N3O2/c21-20(22,23)27-15-5-2-13(3-6-15)14-4-8-18-16(12-14)17(26-28-18)7-9-19-24-10-1-11-25-19/h1-6,8,10-12H,7,9H2. The molecule has 28 heavy (non-hydrogen) atoms. The van der Waals surface area contributed by atoms with Crippen LogP contribution in [0.15, 0.2) is 65.4 Å². The minimum atomic E-state index is -4.71. The predicted octanol–water partition coefficient (Wildman–Crippen LogP) is 4.97. The van der Waals surface area contributed by atoms with Gasteiger partial charge in [-0.1, -0.05) is 23.4 Å². The molecule has 0 bridgehead atoms. The summed E-state index contributed by atoms with van der Waals surface area (Å²) in [7, 11) is 0. The van der Waals surface area contributed by atoms with Crippen LogP contribution in [-0.4, -0.2) is 21.5 Å². The lowest BCUT2D eigenvalue weighted by atomic mass is 10.0. The summed E-state index contributed by atoms with van der Waals surface area (Å²) in [6, 6.07) is 13.0. The first kappa shape index (κ1) is 18.0. The quantitative estimate of drug-likeness (QED) is 0.485. The van der Waals surface area contributed by atoms with E-state index >= 15 is 0 Å². The van der Waals surface area contributed by atoms with Gasteiger partial charge in [-0.25, -0.2) is 9.97 Å². The van der Waals surface area contributed by atoms with Gasteiger partial charge < -0.3 is 9.26 Å². The molecule has 8 heteroatoms. The largest absolute Gasteiger partial charge is 0.573 e. The molecule has 4 rings (SSSR count). The Kier molecular flexibility index (Phi) is 4.68. The molecule has 2 aromatic heterocycles. The van der Waals surface area contributed by atoms with E-state index in [4.69, 9.17) is 4.52 Å². The first-order chi connectivity index (χ1) is 13.5. The second-order valence-corrected chi connectivity index (χ2v) is 6.08. The Bertz CT molecular complexity index is 1080. The number of nitrogens with zero attached hydrogens (tertiary/aromatic N) is 3. The van der Waals surface area contributed by atoms with Crippen molar-refractivity contribution in [3.63, 3.8) is 0 Å². The van der Waals surface area contributed by atoms with Gasteiger partial charge in [-0.15, -0.1) is 13.2 Å². The summed E-state index contributed by atoms with van der Waals surface area (Å²) in [6.45, 7) is 0. The number of hydrogen-bond donors (Lipinski definition) is 0. The fourth-order valence-electron chi connectivity index (χ4n) is 2.89. The Balaban J connectivity index is 1.57. The van der Waals surface area contributed by atoms with Crippen LogP contribution in [0.1, 0.15) is 11.5 Å². The summed E-state index contributed by atoms with van der Waals surface area (Å²) >= 11 is 0. The second kappa shape index (κ2) is 7.30. The topological polar surface area (TPSA) is 61.0 Å².